The van der Waals surface area contributed by atoms with Crippen molar-refractivity contribution in [2.24, 2.45) is 5.92 Å². The summed E-state index contributed by atoms with van der Waals surface area (Å²) in [6.45, 7) is 4.58. The third-order valence-corrected chi connectivity index (χ3v) is 5.14. The number of nitrogens with zero attached hydrogens (tertiary/aromatic N) is 1. The quantitative estimate of drug-likeness (QED) is 0.413. The van der Waals surface area contributed by atoms with Gasteiger partial charge in [0.25, 0.3) is 0 Å². The Hall–Kier alpha value is -2.45. The highest BCUT2D eigenvalue weighted by molar-refractivity contribution is 5.73. The van der Waals surface area contributed by atoms with Gasteiger partial charge >= 0.3 is 24.3 Å². The highest BCUT2D eigenvalue weighted by atomic mass is 19.4. The van der Waals surface area contributed by atoms with Crippen LogP contribution in [-0.2, 0) is 25.7 Å². The van der Waals surface area contributed by atoms with E-state index in [1.807, 2.05) is 12.3 Å². The van der Waals surface area contributed by atoms with Crippen molar-refractivity contribution in [3.8, 4) is 0 Å². The monoisotopic (exact) mass is 504 g/mol. The first-order valence-corrected chi connectivity index (χ1v) is 10.2. The number of pyridine rings is 1. The van der Waals surface area contributed by atoms with Gasteiger partial charge < -0.3 is 25.0 Å². The van der Waals surface area contributed by atoms with Crippen LogP contribution in [0.25, 0.3) is 0 Å². The molecule has 3 heterocycles. The van der Waals surface area contributed by atoms with Crippen LogP contribution in [0, 0.1) is 5.92 Å². The number of alkyl halides is 6. The van der Waals surface area contributed by atoms with Crippen molar-refractivity contribution in [3.05, 3.63) is 30.1 Å². The summed E-state index contributed by atoms with van der Waals surface area (Å²) < 4.78 is 75.4. The van der Waals surface area contributed by atoms with Gasteiger partial charge in [0.05, 0.1) is 12.2 Å². The lowest BCUT2D eigenvalue weighted by atomic mass is 9.78. The van der Waals surface area contributed by atoms with Gasteiger partial charge in [-0.2, -0.15) is 26.3 Å². The second kappa shape index (κ2) is 13.4. The maximum atomic E-state index is 10.6. The number of ether oxygens (including phenoxy) is 2. The molecule has 1 atom stereocenters. The lowest BCUT2D eigenvalue weighted by Gasteiger charge is -2.38. The maximum Gasteiger partial charge on any atom is 0.490 e. The number of halogens is 6. The fourth-order valence-corrected chi connectivity index (χ4v) is 3.49. The number of aromatic nitrogens is 1. The van der Waals surface area contributed by atoms with E-state index in [1.54, 1.807) is 6.20 Å². The number of hydrogen-bond acceptors (Lipinski definition) is 6. The van der Waals surface area contributed by atoms with Crippen molar-refractivity contribution in [2.45, 2.75) is 50.2 Å². The minimum atomic E-state index is -5.08. The molecule has 0 bridgehead atoms. The number of hydrogen-bond donors (Lipinski definition) is 3. The molecule has 1 spiro atoms. The number of aliphatic carboxylic acids is 2. The van der Waals surface area contributed by atoms with E-state index in [2.05, 4.69) is 16.4 Å². The predicted molar refractivity (Wildman–Crippen MR) is 105 cm³/mol. The highest BCUT2D eigenvalue weighted by Gasteiger charge is 2.44. The molecule has 0 radical (unpaired) electrons. The van der Waals surface area contributed by atoms with Crippen LogP contribution in [0.3, 0.4) is 0 Å². The molecule has 0 aromatic carbocycles. The summed E-state index contributed by atoms with van der Waals surface area (Å²) in [6, 6.07) is 4.01. The van der Waals surface area contributed by atoms with Gasteiger partial charge in [-0.1, -0.05) is 6.07 Å². The van der Waals surface area contributed by atoms with E-state index in [1.165, 1.54) is 6.42 Å². The van der Waals surface area contributed by atoms with E-state index >= 15 is 0 Å². The Morgan fingerprint density at radius 3 is 2.15 bits per heavy atom. The lowest BCUT2D eigenvalue weighted by Crippen LogP contribution is -2.46. The third kappa shape index (κ3) is 10.7. The summed E-state index contributed by atoms with van der Waals surface area (Å²) in [5.41, 5.74) is 1.29. The molecular weight excluding hydrogens is 478 g/mol. The molecule has 2 saturated heterocycles. The van der Waals surface area contributed by atoms with Crippen LogP contribution in [-0.4, -0.2) is 71.4 Å². The molecule has 0 saturated carbocycles. The largest absolute Gasteiger partial charge is 0.490 e. The molecule has 3 rings (SSSR count). The fraction of sp³-hybridized carbons (Fsp3) is 0.650. The van der Waals surface area contributed by atoms with Gasteiger partial charge in [0, 0.05) is 25.6 Å². The Balaban J connectivity index is 0.000000343. The van der Waals surface area contributed by atoms with Crippen LogP contribution in [0.15, 0.2) is 24.5 Å². The van der Waals surface area contributed by atoms with Crippen LogP contribution in [0.4, 0.5) is 26.3 Å². The second-order valence-corrected chi connectivity index (χ2v) is 7.46. The molecule has 8 nitrogen and oxygen atoms in total. The molecule has 14 heteroatoms. The van der Waals surface area contributed by atoms with Crippen molar-refractivity contribution in [3.63, 3.8) is 0 Å². The smallest absolute Gasteiger partial charge is 0.475 e. The number of nitrogens with one attached hydrogen (secondary N) is 1. The molecule has 3 N–H and O–H groups in total. The van der Waals surface area contributed by atoms with E-state index in [0.717, 1.165) is 51.1 Å². The van der Waals surface area contributed by atoms with Crippen LogP contribution in [0.5, 0.6) is 0 Å². The zero-order valence-electron chi connectivity index (χ0n) is 18.0. The molecular formula is C20H26F6N2O6. The first-order valence-electron chi connectivity index (χ1n) is 10.2. The topological polar surface area (TPSA) is 118 Å². The average Bonchev–Trinajstić information content (AvgIpc) is 3.13. The Labute approximate surface area is 191 Å². The zero-order valence-corrected chi connectivity index (χ0v) is 18.0. The van der Waals surface area contributed by atoms with E-state index in [0.29, 0.717) is 12.5 Å². The Bertz CT molecular complexity index is 730. The number of carbonyl (C=O) groups is 2. The Morgan fingerprint density at radius 1 is 1.12 bits per heavy atom. The summed E-state index contributed by atoms with van der Waals surface area (Å²) in [5, 5.41) is 17.7. The Morgan fingerprint density at radius 2 is 1.68 bits per heavy atom. The van der Waals surface area contributed by atoms with Gasteiger partial charge in [-0.25, -0.2) is 9.59 Å². The Kier molecular flexibility index (Phi) is 11.7. The average molecular weight is 504 g/mol. The maximum absolute atomic E-state index is 10.6. The van der Waals surface area contributed by atoms with Crippen molar-refractivity contribution in [2.75, 3.05) is 26.3 Å². The van der Waals surface area contributed by atoms with Gasteiger partial charge in [0.1, 0.15) is 0 Å². The fourth-order valence-electron chi connectivity index (χ4n) is 3.49. The minimum Gasteiger partial charge on any atom is -0.475 e. The van der Waals surface area contributed by atoms with Crippen LogP contribution in [0.2, 0.25) is 0 Å². The summed E-state index contributed by atoms with van der Waals surface area (Å²) in [5.74, 6) is -4.85. The normalized spacial score (nSPS) is 19.4. The molecule has 1 aromatic rings. The molecule has 0 aliphatic carbocycles. The summed E-state index contributed by atoms with van der Waals surface area (Å²) in [7, 11) is 0. The lowest BCUT2D eigenvalue weighted by molar-refractivity contribution is -0.193. The van der Waals surface area contributed by atoms with Gasteiger partial charge in [0.15, 0.2) is 0 Å². The SMILES string of the molecule is O=C(O)C(F)(F)F.O=C(O)C(F)(F)F.c1cncc(COCCC2CCOC23CCNCC3)c1. The van der Waals surface area contributed by atoms with Crippen molar-refractivity contribution < 1.29 is 55.6 Å². The number of rotatable bonds is 5. The third-order valence-electron chi connectivity index (χ3n) is 5.14. The van der Waals surface area contributed by atoms with Crippen molar-refractivity contribution >= 4 is 11.9 Å². The molecule has 1 unspecified atom stereocenters. The van der Waals surface area contributed by atoms with E-state index < -0.39 is 24.3 Å². The van der Waals surface area contributed by atoms with Crippen molar-refractivity contribution in [1.82, 2.24) is 10.3 Å². The molecule has 0 amide bonds. The van der Waals surface area contributed by atoms with Crippen LogP contribution >= 0.6 is 0 Å². The number of carboxylic acid groups (broad SMARTS) is 2. The van der Waals surface area contributed by atoms with E-state index in [4.69, 9.17) is 29.3 Å². The first-order chi connectivity index (χ1) is 15.8. The predicted octanol–water partition coefficient (Wildman–Crippen LogP) is 3.41. The number of piperidine rings is 1. The van der Waals surface area contributed by atoms with Gasteiger partial charge in [-0.15, -0.1) is 0 Å². The molecule has 194 valence electrons. The molecule has 2 aliphatic rings. The molecule has 2 aliphatic heterocycles. The van der Waals surface area contributed by atoms with Crippen LogP contribution < -0.4 is 5.32 Å². The number of carboxylic acids is 2. The summed E-state index contributed by atoms with van der Waals surface area (Å²) in [4.78, 5) is 21.9. The minimum absolute atomic E-state index is 0.142. The second-order valence-electron chi connectivity index (χ2n) is 7.46. The molecule has 2 fully saturated rings. The standard InChI is InChI=1S/C16H24N2O2.2C2HF3O2/c1-2-14(12-18-7-1)13-19-10-3-15-4-11-20-16(15)5-8-17-9-6-16;2*3-2(4,5)1(6)7/h1-2,7,12,15,17H,3-6,8-11,13H2;2*(H,6,7). The summed E-state index contributed by atoms with van der Waals surface area (Å²) in [6.07, 6.45) is -1.90. The van der Waals surface area contributed by atoms with Gasteiger partial charge in [-0.3, -0.25) is 4.98 Å². The molecule has 1 aromatic heterocycles. The van der Waals surface area contributed by atoms with Crippen LogP contribution in [0.1, 0.15) is 31.2 Å². The van der Waals surface area contributed by atoms with Crippen molar-refractivity contribution in [1.29, 1.82) is 0 Å². The van der Waals surface area contributed by atoms with E-state index in [9.17, 15) is 26.3 Å². The molecule has 34 heavy (non-hydrogen) atoms. The van der Waals surface area contributed by atoms with E-state index in [-0.39, 0.29) is 5.60 Å². The van der Waals surface area contributed by atoms with Gasteiger partial charge in [0.2, 0.25) is 0 Å². The van der Waals surface area contributed by atoms with Gasteiger partial charge in [-0.05, 0) is 56.3 Å². The summed E-state index contributed by atoms with van der Waals surface area (Å²) >= 11 is 0. The highest BCUT2D eigenvalue weighted by Crippen LogP contribution is 2.40. The zero-order chi connectivity index (χ0) is 25.8. The first kappa shape index (κ1) is 29.6.